The average molecular weight is 414 g/mol. The Morgan fingerprint density at radius 2 is 1.71 bits per heavy atom. The Morgan fingerprint density at radius 3 is 2.39 bits per heavy atom. The second-order valence-electron chi connectivity index (χ2n) is 7.36. The summed E-state index contributed by atoms with van der Waals surface area (Å²) in [6, 6.07) is 18.6. The van der Waals surface area contributed by atoms with Gasteiger partial charge in [0.05, 0.1) is 0 Å². The average Bonchev–Trinajstić information content (AvgIpc) is 3.34. The molecule has 0 radical (unpaired) electrons. The first-order valence-electron chi connectivity index (χ1n) is 9.84. The van der Waals surface area contributed by atoms with Gasteiger partial charge in [-0.3, -0.25) is 9.59 Å². The van der Waals surface area contributed by atoms with Crippen molar-refractivity contribution < 1.29 is 9.59 Å². The van der Waals surface area contributed by atoms with Gasteiger partial charge in [0.2, 0.25) is 11.7 Å². The van der Waals surface area contributed by atoms with Crippen LogP contribution in [-0.2, 0) is 13.1 Å². The van der Waals surface area contributed by atoms with E-state index in [0.717, 1.165) is 11.4 Å². The molecule has 4 aromatic rings. The molecular weight excluding hydrogens is 392 g/mol. The standard InChI is InChI=1S/C23H22N6O2/c1-15-12-20(16(2)28(15)13-17-6-4-3-5-7-17)21(30)14-29-26-23(25-27-29)19-10-8-18(9-11-19)22(24)31/h3-12H,13-14H2,1-2H3,(H2,24,31). The molecule has 0 bridgehead atoms. The minimum Gasteiger partial charge on any atom is -0.366 e. The van der Waals surface area contributed by atoms with Crippen LogP contribution in [0.25, 0.3) is 11.4 Å². The summed E-state index contributed by atoms with van der Waals surface area (Å²) in [6.07, 6.45) is 0. The Balaban J connectivity index is 1.50. The molecule has 4 rings (SSSR count). The third-order valence-corrected chi connectivity index (χ3v) is 5.22. The second kappa shape index (κ2) is 8.35. The van der Waals surface area contributed by atoms with Crippen LogP contribution in [0.2, 0.25) is 0 Å². The van der Waals surface area contributed by atoms with Crippen molar-refractivity contribution in [1.82, 2.24) is 24.8 Å². The second-order valence-corrected chi connectivity index (χ2v) is 7.36. The third kappa shape index (κ3) is 4.28. The molecule has 2 heterocycles. The van der Waals surface area contributed by atoms with E-state index in [2.05, 4.69) is 32.1 Å². The van der Waals surface area contributed by atoms with Crippen LogP contribution in [0.1, 0.15) is 37.7 Å². The number of Topliss-reactive ketones (excluding diaryl/α,β-unsaturated/α-hetero) is 1. The van der Waals surface area contributed by atoms with Gasteiger partial charge in [0.15, 0.2) is 5.78 Å². The molecule has 0 fully saturated rings. The summed E-state index contributed by atoms with van der Waals surface area (Å²) in [5, 5.41) is 12.3. The van der Waals surface area contributed by atoms with Gasteiger partial charge in [-0.2, -0.15) is 4.80 Å². The number of amides is 1. The zero-order valence-electron chi connectivity index (χ0n) is 17.3. The van der Waals surface area contributed by atoms with Crippen molar-refractivity contribution in [2.75, 3.05) is 0 Å². The van der Waals surface area contributed by atoms with Crippen LogP contribution in [0.5, 0.6) is 0 Å². The minimum atomic E-state index is -0.501. The summed E-state index contributed by atoms with van der Waals surface area (Å²) >= 11 is 0. The van der Waals surface area contributed by atoms with Crippen LogP contribution >= 0.6 is 0 Å². The molecule has 31 heavy (non-hydrogen) atoms. The molecule has 0 aliphatic heterocycles. The number of hydrogen-bond donors (Lipinski definition) is 1. The first-order chi connectivity index (χ1) is 14.9. The lowest BCUT2D eigenvalue weighted by atomic mass is 10.1. The summed E-state index contributed by atoms with van der Waals surface area (Å²) < 4.78 is 2.13. The molecule has 2 aromatic carbocycles. The number of nitrogens with zero attached hydrogens (tertiary/aromatic N) is 5. The molecule has 0 saturated carbocycles. The van der Waals surface area contributed by atoms with Crippen molar-refractivity contribution in [1.29, 1.82) is 0 Å². The predicted molar refractivity (Wildman–Crippen MR) is 116 cm³/mol. The molecule has 0 unspecified atom stereocenters. The fraction of sp³-hybridized carbons (Fsp3) is 0.174. The van der Waals surface area contributed by atoms with Gasteiger partial charge in [-0.05, 0) is 42.8 Å². The van der Waals surface area contributed by atoms with E-state index in [9.17, 15) is 9.59 Å². The van der Waals surface area contributed by atoms with E-state index < -0.39 is 5.91 Å². The van der Waals surface area contributed by atoms with Gasteiger partial charge < -0.3 is 10.3 Å². The summed E-state index contributed by atoms with van der Waals surface area (Å²) in [5.74, 6) is -0.211. The van der Waals surface area contributed by atoms with E-state index in [-0.39, 0.29) is 12.3 Å². The van der Waals surface area contributed by atoms with Crippen molar-refractivity contribution in [3.8, 4) is 11.4 Å². The topological polar surface area (TPSA) is 109 Å². The lowest BCUT2D eigenvalue weighted by Crippen LogP contribution is -2.14. The largest absolute Gasteiger partial charge is 0.366 e. The van der Waals surface area contributed by atoms with E-state index in [1.807, 2.05) is 38.1 Å². The van der Waals surface area contributed by atoms with E-state index in [1.54, 1.807) is 24.3 Å². The monoisotopic (exact) mass is 414 g/mol. The summed E-state index contributed by atoms with van der Waals surface area (Å²) in [5.41, 5.74) is 10.1. The third-order valence-electron chi connectivity index (χ3n) is 5.22. The van der Waals surface area contributed by atoms with Crippen LogP contribution in [0.4, 0.5) is 0 Å². The van der Waals surface area contributed by atoms with Crippen LogP contribution in [0, 0.1) is 13.8 Å². The molecule has 8 heteroatoms. The molecule has 0 spiro atoms. The molecule has 0 aliphatic rings. The maximum atomic E-state index is 12.9. The highest BCUT2D eigenvalue weighted by Crippen LogP contribution is 2.19. The van der Waals surface area contributed by atoms with Gasteiger partial charge in [-0.25, -0.2) is 0 Å². The highest BCUT2D eigenvalue weighted by atomic mass is 16.1. The molecule has 2 N–H and O–H groups in total. The van der Waals surface area contributed by atoms with Gasteiger partial charge in [0, 0.05) is 34.6 Å². The lowest BCUT2D eigenvalue weighted by Gasteiger charge is -2.10. The fourth-order valence-electron chi connectivity index (χ4n) is 3.52. The highest BCUT2D eigenvalue weighted by molar-refractivity contribution is 5.97. The zero-order valence-corrected chi connectivity index (χ0v) is 17.3. The molecule has 8 nitrogen and oxygen atoms in total. The molecule has 0 saturated heterocycles. The first-order valence-corrected chi connectivity index (χ1v) is 9.84. The number of aryl methyl sites for hydroxylation is 1. The van der Waals surface area contributed by atoms with Gasteiger partial charge in [-0.1, -0.05) is 42.5 Å². The summed E-state index contributed by atoms with van der Waals surface area (Å²) in [7, 11) is 0. The van der Waals surface area contributed by atoms with Gasteiger partial charge in [-0.15, -0.1) is 10.2 Å². The molecule has 1 amide bonds. The lowest BCUT2D eigenvalue weighted by molar-refractivity contribution is 0.0959. The quantitative estimate of drug-likeness (QED) is 0.468. The van der Waals surface area contributed by atoms with E-state index in [1.165, 1.54) is 10.4 Å². The number of rotatable bonds is 7. The Labute approximate surface area is 179 Å². The minimum absolute atomic E-state index is 0.0119. The molecule has 0 atom stereocenters. The van der Waals surface area contributed by atoms with Crippen LogP contribution in [-0.4, -0.2) is 36.5 Å². The van der Waals surface area contributed by atoms with Crippen LogP contribution in [0.3, 0.4) is 0 Å². The zero-order chi connectivity index (χ0) is 22.0. The number of nitrogens with two attached hydrogens (primary N) is 1. The predicted octanol–water partition coefficient (Wildman–Crippen LogP) is 2.79. The van der Waals surface area contributed by atoms with Gasteiger partial charge in [0.25, 0.3) is 0 Å². The Kier molecular flexibility index (Phi) is 5.44. The maximum Gasteiger partial charge on any atom is 0.248 e. The summed E-state index contributed by atoms with van der Waals surface area (Å²) in [4.78, 5) is 25.4. The Bertz CT molecular complexity index is 1240. The van der Waals surface area contributed by atoms with Crippen LogP contribution < -0.4 is 5.73 Å². The number of ketones is 1. The molecular formula is C23H22N6O2. The number of aromatic nitrogens is 5. The molecule has 156 valence electrons. The number of carbonyl (C=O) groups is 2. The SMILES string of the molecule is Cc1cc(C(=O)Cn2nnc(-c3ccc(C(N)=O)cc3)n2)c(C)n1Cc1ccccc1. The van der Waals surface area contributed by atoms with E-state index in [0.29, 0.717) is 29.1 Å². The van der Waals surface area contributed by atoms with Gasteiger partial charge in [0.1, 0.15) is 6.54 Å². The molecule has 0 aliphatic carbocycles. The number of tetrazole rings is 1. The van der Waals surface area contributed by atoms with Crippen molar-refractivity contribution in [3.63, 3.8) is 0 Å². The fourth-order valence-corrected chi connectivity index (χ4v) is 3.52. The number of benzene rings is 2. The van der Waals surface area contributed by atoms with Crippen molar-refractivity contribution in [2.24, 2.45) is 5.73 Å². The Hall–Kier alpha value is -4.07. The number of hydrogen-bond acceptors (Lipinski definition) is 5. The maximum absolute atomic E-state index is 12.9. The van der Waals surface area contributed by atoms with Crippen LogP contribution in [0.15, 0.2) is 60.7 Å². The van der Waals surface area contributed by atoms with Gasteiger partial charge >= 0.3 is 0 Å². The van der Waals surface area contributed by atoms with E-state index in [4.69, 9.17) is 5.73 Å². The first kappa shape index (κ1) is 20.2. The van der Waals surface area contributed by atoms with Crippen molar-refractivity contribution in [2.45, 2.75) is 26.9 Å². The summed E-state index contributed by atoms with van der Waals surface area (Å²) in [6.45, 7) is 4.64. The normalized spacial score (nSPS) is 10.9. The molecule has 2 aromatic heterocycles. The number of primary amides is 1. The van der Waals surface area contributed by atoms with Crippen molar-refractivity contribution >= 4 is 11.7 Å². The Morgan fingerprint density at radius 1 is 1.00 bits per heavy atom. The van der Waals surface area contributed by atoms with Crippen molar-refractivity contribution in [3.05, 3.63) is 88.7 Å². The highest BCUT2D eigenvalue weighted by Gasteiger charge is 2.18. The smallest absolute Gasteiger partial charge is 0.248 e. The van der Waals surface area contributed by atoms with E-state index >= 15 is 0 Å². The number of carbonyl (C=O) groups excluding carboxylic acids is 2.